The number of allylic oxidation sites excluding steroid dienone is 1. The standard InChI is InChI=1S/C11H14N2/c12-8-4-2-6-10-11(8)7-3-1-5-9(7)13-10/h1-4,7,9-13H,5-6H2. The van der Waals surface area contributed by atoms with Gasteiger partial charge in [0.15, 0.2) is 0 Å². The third-order valence-corrected chi connectivity index (χ3v) is 3.54. The van der Waals surface area contributed by atoms with Gasteiger partial charge in [-0.1, -0.05) is 18.2 Å². The minimum Gasteiger partial charge on any atom is -0.309 e. The fourth-order valence-corrected chi connectivity index (χ4v) is 2.96. The van der Waals surface area contributed by atoms with Crippen LogP contribution in [0.15, 0.2) is 24.3 Å². The van der Waals surface area contributed by atoms with Gasteiger partial charge in [-0.05, 0) is 18.9 Å². The van der Waals surface area contributed by atoms with Crippen molar-refractivity contribution in [2.24, 2.45) is 11.8 Å². The summed E-state index contributed by atoms with van der Waals surface area (Å²) in [6.07, 6.45) is 10.9. The second-order valence-electron chi connectivity index (χ2n) is 4.24. The predicted octanol–water partition coefficient (Wildman–Crippen LogP) is 1.50. The Bertz CT molecular complexity index is 303. The quantitative estimate of drug-likeness (QED) is 0.536. The molecule has 1 aliphatic heterocycles. The molecule has 2 aliphatic carbocycles. The van der Waals surface area contributed by atoms with E-state index in [1.165, 1.54) is 0 Å². The maximum absolute atomic E-state index is 7.91. The van der Waals surface area contributed by atoms with Crippen molar-refractivity contribution in [2.75, 3.05) is 0 Å². The van der Waals surface area contributed by atoms with E-state index in [0.717, 1.165) is 18.6 Å². The molecule has 1 saturated heterocycles. The summed E-state index contributed by atoms with van der Waals surface area (Å²) in [5, 5.41) is 11.5. The maximum atomic E-state index is 7.91. The van der Waals surface area contributed by atoms with Gasteiger partial charge in [0.1, 0.15) is 0 Å². The third kappa shape index (κ3) is 0.953. The molecule has 4 unspecified atom stereocenters. The van der Waals surface area contributed by atoms with Crippen LogP contribution in [0.5, 0.6) is 0 Å². The minimum atomic E-state index is 0.453. The van der Waals surface area contributed by atoms with Crippen LogP contribution in [0.3, 0.4) is 0 Å². The molecule has 0 aromatic rings. The molecule has 1 fully saturated rings. The Labute approximate surface area is 78.2 Å². The maximum Gasteiger partial charge on any atom is 0.0363 e. The van der Waals surface area contributed by atoms with Gasteiger partial charge in [-0.2, -0.15) is 0 Å². The average Bonchev–Trinajstić information content (AvgIpc) is 2.62. The Hall–Kier alpha value is -0.890. The lowest BCUT2D eigenvalue weighted by Gasteiger charge is -2.24. The van der Waals surface area contributed by atoms with Crippen LogP contribution in [0.4, 0.5) is 0 Å². The SMILES string of the molecule is N=C1C=CCC2NC3CC=CC3C12. The highest BCUT2D eigenvalue weighted by molar-refractivity contribution is 5.96. The van der Waals surface area contributed by atoms with Crippen LogP contribution >= 0.6 is 0 Å². The van der Waals surface area contributed by atoms with E-state index >= 15 is 0 Å². The van der Waals surface area contributed by atoms with Crippen LogP contribution in [0.25, 0.3) is 0 Å². The van der Waals surface area contributed by atoms with Crippen molar-refractivity contribution in [3.05, 3.63) is 24.3 Å². The summed E-state index contributed by atoms with van der Waals surface area (Å²) in [6, 6.07) is 1.16. The van der Waals surface area contributed by atoms with E-state index in [9.17, 15) is 0 Å². The van der Waals surface area contributed by atoms with E-state index in [1.807, 2.05) is 6.08 Å². The number of rotatable bonds is 0. The molecule has 4 atom stereocenters. The molecule has 2 heteroatoms. The van der Waals surface area contributed by atoms with E-state index in [2.05, 4.69) is 23.5 Å². The van der Waals surface area contributed by atoms with E-state index in [1.54, 1.807) is 0 Å². The Kier molecular flexibility index (Phi) is 1.47. The van der Waals surface area contributed by atoms with E-state index in [0.29, 0.717) is 23.9 Å². The van der Waals surface area contributed by atoms with Crippen molar-refractivity contribution in [1.29, 1.82) is 5.41 Å². The lowest BCUT2D eigenvalue weighted by atomic mass is 9.81. The highest BCUT2D eigenvalue weighted by Gasteiger charge is 2.44. The van der Waals surface area contributed by atoms with E-state index in [4.69, 9.17) is 5.41 Å². The first kappa shape index (κ1) is 7.51. The second-order valence-corrected chi connectivity index (χ2v) is 4.24. The molecule has 0 bridgehead atoms. The summed E-state index contributed by atoms with van der Waals surface area (Å²) < 4.78 is 0. The molecule has 0 saturated carbocycles. The smallest absolute Gasteiger partial charge is 0.0363 e. The van der Waals surface area contributed by atoms with Crippen LogP contribution in [0.2, 0.25) is 0 Å². The zero-order valence-electron chi connectivity index (χ0n) is 7.53. The van der Waals surface area contributed by atoms with Gasteiger partial charge in [0, 0.05) is 29.6 Å². The lowest BCUT2D eigenvalue weighted by molar-refractivity contribution is 0.511. The molecule has 68 valence electrons. The molecule has 0 aromatic heterocycles. The molecular weight excluding hydrogens is 160 g/mol. The first-order valence-electron chi connectivity index (χ1n) is 5.04. The fourth-order valence-electron chi connectivity index (χ4n) is 2.96. The molecule has 13 heavy (non-hydrogen) atoms. The summed E-state index contributed by atoms with van der Waals surface area (Å²) >= 11 is 0. The second kappa shape index (κ2) is 2.55. The monoisotopic (exact) mass is 174 g/mol. The van der Waals surface area contributed by atoms with Crippen LogP contribution in [0.1, 0.15) is 12.8 Å². The first-order chi connectivity index (χ1) is 6.36. The van der Waals surface area contributed by atoms with Gasteiger partial charge in [0.05, 0.1) is 0 Å². The largest absolute Gasteiger partial charge is 0.309 e. The van der Waals surface area contributed by atoms with Crippen LogP contribution in [0, 0.1) is 17.2 Å². The summed E-state index contributed by atoms with van der Waals surface area (Å²) in [6.45, 7) is 0. The van der Waals surface area contributed by atoms with Crippen molar-refractivity contribution in [3.63, 3.8) is 0 Å². The average molecular weight is 174 g/mol. The van der Waals surface area contributed by atoms with E-state index < -0.39 is 0 Å². The third-order valence-electron chi connectivity index (χ3n) is 3.54. The van der Waals surface area contributed by atoms with Crippen molar-refractivity contribution < 1.29 is 0 Å². The molecule has 1 heterocycles. The van der Waals surface area contributed by atoms with Gasteiger partial charge >= 0.3 is 0 Å². The Morgan fingerprint density at radius 2 is 2.08 bits per heavy atom. The van der Waals surface area contributed by atoms with Crippen molar-refractivity contribution in [1.82, 2.24) is 5.32 Å². The highest BCUT2D eigenvalue weighted by Crippen LogP contribution is 2.38. The molecule has 0 spiro atoms. The Balaban J connectivity index is 1.96. The van der Waals surface area contributed by atoms with Crippen molar-refractivity contribution >= 4 is 5.71 Å². The van der Waals surface area contributed by atoms with E-state index in [-0.39, 0.29) is 0 Å². The van der Waals surface area contributed by atoms with Crippen molar-refractivity contribution in [3.8, 4) is 0 Å². The van der Waals surface area contributed by atoms with Crippen LogP contribution < -0.4 is 5.32 Å². The van der Waals surface area contributed by atoms with Gasteiger partial charge in [0.25, 0.3) is 0 Å². The molecule has 0 amide bonds. The molecular formula is C11H14N2. The minimum absolute atomic E-state index is 0.453. The number of fused-ring (bicyclic) bond motifs is 3. The van der Waals surface area contributed by atoms with Crippen LogP contribution in [-0.4, -0.2) is 17.8 Å². The highest BCUT2D eigenvalue weighted by atomic mass is 15.0. The Morgan fingerprint density at radius 3 is 3.00 bits per heavy atom. The molecule has 3 rings (SSSR count). The zero-order valence-corrected chi connectivity index (χ0v) is 7.53. The number of nitrogens with one attached hydrogen (secondary N) is 2. The normalized spacial score (nSPS) is 46.6. The van der Waals surface area contributed by atoms with Gasteiger partial charge in [0.2, 0.25) is 0 Å². The molecule has 2 N–H and O–H groups in total. The molecule has 0 radical (unpaired) electrons. The van der Waals surface area contributed by atoms with Gasteiger partial charge < -0.3 is 10.7 Å². The molecule has 2 nitrogen and oxygen atoms in total. The van der Waals surface area contributed by atoms with Crippen molar-refractivity contribution in [2.45, 2.75) is 24.9 Å². The molecule has 3 aliphatic rings. The predicted molar refractivity (Wildman–Crippen MR) is 52.9 cm³/mol. The zero-order chi connectivity index (χ0) is 8.84. The lowest BCUT2D eigenvalue weighted by Crippen LogP contribution is -2.34. The number of hydrogen-bond donors (Lipinski definition) is 2. The summed E-state index contributed by atoms with van der Waals surface area (Å²) in [5.41, 5.74) is 0.822. The van der Waals surface area contributed by atoms with Crippen LogP contribution in [-0.2, 0) is 0 Å². The summed E-state index contributed by atoms with van der Waals surface area (Å²) in [7, 11) is 0. The van der Waals surface area contributed by atoms with Gasteiger partial charge in [-0.3, -0.25) is 0 Å². The summed E-state index contributed by atoms with van der Waals surface area (Å²) in [4.78, 5) is 0. The summed E-state index contributed by atoms with van der Waals surface area (Å²) in [5.74, 6) is 1.05. The van der Waals surface area contributed by atoms with Gasteiger partial charge in [-0.25, -0.2) is 0 Å². The topological polar surface area (TPSA) is 35.9 Å². The number of hydrogen-bond acceptors (Lipinski definition) is 2. The fraction of sp³-hybridized carbons (Fsp3) is 0.545. The Morgan fingerprint density at radius 1 is 1.23 bits per heavy atom. The molecule has 0 aromatic carbocycles. The van der Waals surface area contributed by atoms with Gasteiger partial charge in [-0.15, -0.1) is 0 Å². The first-order valence-corrected chi connectivity index (χ1v) is 5.04.